The van der Waals surface area contributed by atoms with Crippen molar-refractivity contribution < 1.29 is 9.59 Å². The molecular formula is C32H23N5O3. The van der Waals surface area contributed by atoms with E-state index in [1.807, 2.05) is 48.5 Å². The molecule has 0 radical (unpaired) electrons. The highest BCUT2D eigenvalue weighted by Gasteiger charge is 2.27. The van der Waals surface area contributed by atoms with Crippen LogP contribution in [-0.2, 0) is 4.79 Å². The number of H-pyrrole nitrogens is 1. The lowest BCUT2D eigenvalue weighted by atomic mass is 9.97. The molecule has 0 spiro atoms. The second-order valence-corrected chi connectivity index (χ2v) is 9.22. The normalized spacial score (nSPS) is 12.1. The van der Waals surface area contributed by atoms with E-state index in [-0.39, 0.29) is 5.69 Å². The highest BCUT2D eigenvalue weighted by molar-refractivity contribution is 6.13. The van der Waals surface area contributed by atoms with Gasteiger partial charge in [0.25, 0.3) is 17.4 Å². The van der Waals surface area contributed by atoms with Gasteiger partial charge >= 0.3 is 0 Å². The monoisotopic (exact) mass is 525 g/mol. The van der Waals surface area contributed by atoms with E-state index in [9.17, 15) is 14.4 Å². The number of carbonyl (C=O) groups excluding carboxylic acids is 2. The van der Waals surface area contributed by atoms with Gasteiger partial charge < -0.3 is 5.32 Å². The van der Waals surface area contributed by atoms with Crippen LogP contribution < -0.4 is 16.3 Å². The maximum absolute atomic E-state index is 13.6. The standard InChI is InChI=1S/C32H23N5O3/c38-30(20-10-2-1-3-11-20)34-29(28-25-16-8-9-17-26(25)31(39)37-35-28)32(40)36-33-19-27-23-14-6-4-12-21(23)18-22-13-5-7-15-24(22)27/h1-19,29H,(H,34,38)(H,36,40)(H,37,39). The van der Waals surface area contributed by atoms with Gasteiger partial charge in [0.15, 0.2) is 6.04 Å². The van der Waals surface area contributed by atoms with Crippen molar-refractivity contribution in [2.75, 3.05) is 0 Å². The van der Waals surface area contributed by atoms with Crippen LogP contribution in [0.5, 0.6) is 0 Å². The van der Waals surface area contributed by atoms with Crippen LogP contribution >= 0.6 is 0 Å². The summed E-state index contributed by atoms with van der Waals surface area (Å²) in [5.74, 6) is -1.09. The zero-order chi connectivity index (χ0) is 27.5. The molecule has 1 heterocycles. The van der Waals surface area contributed by atoms with E-state index >= 15 is 0 Å². The number of rotatable bonds is 6. The van der Waals surface area contributed by atoms with Crippen molar-refractivity contribution in [3.63, 3.8) is 0 Å². The summed E-state index contributed by atoms with van der Waals surface area (Å²) in [4.78, 5) is 39.1. The van der Waals surface area contributed by atoms with Crippen molar-refractivity contribution >= 4 is 50.3 Å². The lowest BCUT2D eigenvalue weighted by Gasteiger charge is -2.18. The summed E-state index contributed by atoms with van der Waals surface area (Å²) in [6, 6.07) is 32.1. The summed E-state index contributed by atoms with van der Waals surface area (Å²) < 4.78 is 0. The van der Waals surface area contributed by atoms with Gasteiger partial charge in [-0.2, -0.15) is 10.2 Å². The number of nitrogens with zero attached hydrogens (tertiary/aromatic N) is 2. The van der Waals surface area contributed by atoms with Gasteiger partial charge in [-0.1, -0.05) is 84.9 Å². The fourth-order valence-corrected chi connectivity index (χ4v) is 4.83. The lowest BCUT2D eigenvalue weighted by molar-refractivity contribution is -0.123. The molecule has 6 rings (SSSR count). The maximum Gasteiger partial charge on any atom is 0.272 e. The van der Waals surface area contributed by atoms with E-state index in [1.165, 1.54) is 0 Å². The fraction of sp³-hybridized carbons (Fsp3) is 0.0312. The van der Waals surface area contributed by atoms with E-state index in [1.54, 1.807) is 60.8 Å². The molecule has 0 aliphatic heterocycles. The van der Waals surface area contributed by atoms with E-state index in [0.717, 1.165) is 27.1 Å². The Bertz CT molecular complexity index is 1930. The molecule has 0 bridgehead atoms. The Morgan fingerprint density at radius 3 is 2.00 bits per heavy atom. The number of hydrazone groups is 1. The van der Waals surface area contributed by atoms with E-state index < -0.39 is 23.4 Å². The minimum atomic E-state index is -1.24. The number of hydrogen-bond acceptors (Lipinski definition) is 5. The molecular weight excluding hydrogens is 502 g/mol. The number of amides is 2. The summed E-state index contributed by atoms with van der Waals surface area (Å²) in [5, 5.41) is 18.5. The molecule has 0 aliphatic carbocycles. The summed E-state index contributed by atoms with van der Waals surface area (Å²) in [6.07, 6.45) is 1.61. The molecule has 8 heteroatoms. The number of hydrogen-bond donors (Lipinski definition) is 3. The maximum atomic E-state index is 13.6. The van der Waals surface area contributed by atoms with Gasteiger partial charge in [-0.15, -0.1) is 0 Å². The predicted octanol–water partition coefficient (Wildman–Crippen LogP) is 4.85. The Morgan fingerprint density at radius 2 is 1.32 bits per heavy atom. The van der Waals surface area contributed by atoms with Gasteiger partial charge in [0.05, 0.1) is 11.6 Å². The number of fused-ring (bicyclic) bond motifs is 3. The molecule has 0 saturated carbocycles. The van der Waals surface area contributed by atoms with E-state index in [0.29, 0.717) is 16.3 Å². The van der Waals surface area contributed by atoms with Gasteiger partial charge in [-0.3, -0.25) is 14.4 Å². The number of carbonyl (C=O) groups is 2. The lowest BCUT2D eigenvalue weighted by Crippen LogP contribution is -2.40. The van der Waals surface area contributed by atoms with Gasteiger partial charge in [0.1, 0.15) is 5.69 Å². The highest BCUT2D eigenvalue weighted by atomic mass is 16.2. The number of aromatic amines is 1. The topological polar surface area (TPSA) is 116 Å². The quantitative estimate of drug-likeness (QED) is 0.164. The predicted molar refractivity (Wildman–Crippen MR) is 156 cm³/mol. The zero-order valence-electron chi connectivity index (χ0n) is 21.2. The first-order chi connectivity index (χ1) is 19.6. The molecule has 194 valence electrons. The molecule has 6 aromatic rings. The first-order valence-electron chi connectivity index (χ1n) is 12.7. The number of benzene rings is 5. The first-order valence-corrected chi connectivity index (χ1v) is 12.7. The molecule has 1 unspecified atom stereocenters. The van der Waals surface area contributed by atoms with Crippen molar-refractivity contribution in [2.45, 2.75) is 6.04 Å². The van der Waals surface area contributed by atoms with Gasteiger partial charge in [0, 0.05) is 16.5 Å². The van der Waals surface area contributed by atoms with Gasteiger partial charge in [-0.05, 0) is 45.8 Å². The Morgan fingerprint density at radius 1 is 0.750 bits per heavy atom. The Balaban J connectivity index is 1.38. The molecule has 0 saturated heterocycles. The molecule has 40 heavy (non-hydrogen) atoms. The molecule has 3 N–H and O–H groups in total. The highest BCUT2D eigenvalue weighted by Crippen LogP contribution is 2.27. The molecule has 8 nitrogen and oxygen atoms in total. The van der Waals surface area contributed by atoms with Gasteiger partial charge in [-0.25, -0.2) is 10.5 Å². The zero-order valence-corrected chi connectivity index (χ0v) is 21.2. The third kappa shape index (κ3) is 4.69. The van der Waals surface area contributed by atoms with E-state index in [4.69, 9.17) is 0 Å². The van der Waals surface area contributed by atoms with Crippen LogP contribution in [-0.4, -0.2) is 28.2 Å². The van der Waals surface area contributed by atoms with Crippen molar-refractivity contribution in [1.82, 2.24) is 20.9 Å². The van der Waals surface area contributed by atoms with Crippen molar-refractivity contribution in [1.29, 1.82) is 0 Å². The molecule has 1 atom stereocenters. The Labute approximate surface area is 228 Å². The van der Waals surface area contributed by atoms with Crippen molar-refractivity contribution in [3.8, 4) is 0 Å². The van der Waals surface area contributed by atoms with Crippen LogP contribution in [0.15, 0.2) is 119 Å². The summed E-state index contributed by atoms with van der Waals surface area (Å²) in [6.45, 7) is 0. The largest absolute Gasteiger partial charge is 0.335 e. The SMILES string of the molecule is O=C(NC(C(=O)NN=Cc1c2ccccc2cc2ccccc12)c1n[nH]c(=O)c2ccccc12)c1ccccc1. The third-order valence-corrected chi connectivity index (χ3v) is 6.75. The van der Waals surface area contributed by atoms with Crippen LogP contribution in [0, 0.1) is 0 Å². The van der Waals surface area contributed by atoms with Crippen LogP contribution in [0.2, 0.25) is 0 Å². The Kier molecular flexibility index (Phi) is 6.56. The molecule has 0 aliphatic rings. The second-order valence-electron chi connectivity index (χ2n) is 9.22. The number of nitrogens with one attached hydrogen (secondary N) is 3. The number of aromatic nitrogens is 2. The molecule has 2 amide bonds. The second kappa shape index (κ2) is 10.6. The first kappa shape index (κ1) is 24.7. The van der Waals surface area contributed by atoms with Gasteiger partial charge in [0.2, 0.25) is 0 Å². The smallest absolute Gasteiger partial charge is 0.272 e. The molecule has 1 aromatic heterocycles. The molecule has 5 aromatic carbocycles. The van der Waals surface area contributed by atoms with Crippen LogP contribution in [0.3, 0.4) is 0 Å². The average molecular weight is 526 g/mol. The Hall–Kier alpha value is -5.63. The minimum absolute atomic E-state index is 0.197. The fourth-order valence-electron chi connectivity index (χ4n) is 4.83. The van der Waals surface area contributed by atoms with Crippen molar-refractivity contribution in [2.24, 2.45) is 5.10 Å². The van der Waals surface area contributed by atoms with Crippen molar-refractivity contribution in [3.05, 3.63) is 136 Å². The van der Waals surface area contributed by atoms with Crippen LogP contribution in [0.1, 0.15) is 27.7 Å². The third-order valence-electron chi connectivity index (χ3n) is 6.75. The minimum Gasteiger partial charge on any atom is -0.335 e. The summed E-state index contributed by atoms with van der Waals surface area (Å²) in [5.41, 5.74) is 3.61. The van der Waals surface area contributed by atoms with E-state index in [2.05, 4.69) is 32.1 Å². The summed E-state index contributed by atoms with van der Waals surface area (Å²) in [7, 11) is 0. The average Bonchev–Trinajstić information content (AvgIpc) is 3.00. The van der Waals surface area contributed by atoms with Crippen LogP contribution in [0.4, 0.5) is 0 Å². The van der Waals surface area contributed by atoms with Crippen LogP contribution in [0.25, 0.3) is 32.3 Å². The summed E-state index contributed by atoms with van der Waals surface area (Å²) >= 11 is 0. The molecule has 0 fully saturated rings.